The summed E-state index contributed by atoms with van der Waals surface area (Å²) >= 11 is 0. The van der Waals surface area contributed by atoms with E-state index in [-0.39, 0.29) is 11.6 Å². The maximum Gasteiger partial charge on any atom is 0.275 e. The van der Waals surface area contributed by atoms with Crippen molar-refractivity contribution in [3.05, 3.63) is 54.4 Å². The number of hydrogen-bond donors (Lipinski definition) is 1. The zero-order valence-corrected chi connectivity index (χ0v) is 12.2. The van der Waals surface area contributed by atoms with E-state index in [0.717, 1.165) is 11.3 Å². The molecular weight excluding hydrogens is 280 g/mol. The molecule has 0 radical (unpaired) electrons. The number of aromatic nitrogens is 5. The molecule has 1 N–H and O–H groups in total. The standard InChI is InChI=1S/C15H14N6O/c1-10-7-17-13(8-16-10)15(22)19-12-5-3-4-11(6-12)14-18-9-21(2)20-14/h3-9H,1-2H3,(H,19,22). The van der Waals surface area contributed by atoms with Crippen molar-refractivity contribution in [2.24, 2.45) is 7.05 Å². The number of nitrogens with one attached hydrogen (secondary N) is 1. The number of nitrogens with zero attached hydrogens (tertiary/aromatic N) is 5. The predicted molar refractivity (Wildman–Crippen MR) is 81.2 cm³/mol. The van der Waals surface area contributed by atoms with E-state index in [0.29, 0.717) is 11.5 Å². The van der Waals surface area contributed by atoms with Gasteiger partial charge in [-0.05, 0) is 19.1 Å². The minimum Gasteiger partial charge on any atom is -0.321 e. The van der Waals surface area contributed by atoms with Crippen LogP contribution in [0.4, 0.5) is 5.69 Å². The molecule has 0 bridgehead atoms. The minimum absolute atomic E-state index is 0.270. The third kappa shape index (κ3) is 2.98. The highest BCUT2D eigenvalue weighted by atomic mass is 16.1. The van der Waals surface area contributed by atoms with E-state index in [9.17, 15) is 4.79 Å². The van der Waals surface area contributed by atoms with Crippen molar-refractivity contribution < 1.29 is 4.79 Å². The van der Waals surface area contributed by atoms with E-state index in [1.807, 2.05) is 25.1 Å². The summed E-state index contributed by atoms with van der Waals surface area (Å²) < 4.78 is 1.63. The van der Waals surface area contributed by atoms with Crippen LogP contribution in [0.2, 0.25) is 0 Å². The number of carbonyl (C=O) groups excluding carboxylic acids is 1. The largest absolute Gasteiger partial charge is 0.321 e. The van der Waals surface area contributed by atoms with Gasteiger partial charge < -0.3 is 5.32 Å². The first-order valence-electron chi connectivity index (χ1n) is 6.68. The van der Waals surface area contributed by atoms with E-state index in [4.69, 9.17) is 0 Å². The first-order valence-corrected chi connectivity index (χ1v) is 6.68. The molecule has 2 aromatic heterocycles. The molecule has 0 unspecified atom stereocenters. The second-order valence-electron chi connectivity index (χ2n) is 4.82. The van der Waals surface area contributed by atoms with Gasteiger partial charge in [-0.25, -0.2) is 9.97 Å². The van der Waals surface area contributed by atoms with Gasteiger partial charge in [0.1, 0.15) is 12.0 Å². The number of rotatable bonds is 3. The Kier molecular flexibility index (Phi) is 3.61. The maximum absolute atomic E-state index is 12.1. The first-order chi connectivity index (χ1) is 10.6. The van der Waals surface area contributed by atoms with Crippen molar-refractivity contribution >= 4 is 11.6 Å². The van der Waals surface area contributed by atoms with E-state index < -0.39 is 0 Å². The summed E-state index contributed by atoms with van der Waals surface area (Å²) in [6.45, 7) is 1.82. The Morgan fingerprint density at radius 1 is 1.18 bits per heavy atom. The number of hydrogen-bond acceptors (Lipinski definition) is 5. The molecule has 0 aliphatic heterocycles. The number of amides is 1. The van der Waals surface area contributed by atoms with E-state index >= 15 is 0 Å². The van der Waals surface area contributed by atoms with Gasteiger partial charge >= 0.3 is 0 Å². The number of anilines is 1. The summed E-state index contributed by atoms with van der Waals surface area (Å²) in [5.74, 6) is 0.298. The lowest BCUT2D eigenvalue weighted by Gasteiger charge is -2.05. The Labute approximate surface area is 127 Å². The molecule has 1 aromatic carbocycles. The van der Waals surface area contributed by atoms with Gasteiger partial charge in [0.05, 0.1) is 11.9 Å². The predicted octanol–water partition coefficient (Wildman–Crippen LogP) is 1.83. The molecule has 3 rings (SSSR count). The number of carbonyl (C=O) groups is 1. The van der Waals surface area contributed by atoms with Gasteiger partial charge in [0.2, 0.25) is 0 Å². The molecule has 0 fully saturated rings. The lowest BCUT2D eigenvalue weighted by molar-refractivity contribution is 0.102. The van der Waals surface area contributed by atoms with Gasteiger partial charge in [-0.1, -0.05) is 12.1 Å². The van der Waals surface area contributed by atoms with Gasteiger partial charge in [0.15, 0.2) is 5.82 Å². The van der Waals surface area contributed by atoms with Crippen LogP contribution in [0.5, 0.6) is 0 Å². The number of benzene rings is 1. The Hall–Kier alpha value is -3.09. The molecule has 0 saturated carbocycles. The van der Waals surface area contributed by atoms with Crippen molar-refractivity contribution in [1.29, 1.82) is 0 Å². The highest BCUT2D eigenvalue weighted by Crippen LogP contribution is 2.19. The summed E-state index contributed by atoms with van der Waals surface area (Å²) in [6, 6.07) is 7.33. The van der Waals surface area contributed by atoms with Crippen LogP contribution in [0.25, 0.3) is 11.4 Å². The van der Waals surface area contributed by atoms with Crippen LogP contribution in [0, 0.1) is 6.92 Å². The van der Waals surface area contributed by atoms with Crippen LogP contribution in [0.15, 0.2) is 43.0 Å². The molecule has 7 heteroatoms. The quantitative estimate of drug-likeness (QED) is 0.796. The summed E-state index contributed by atoms with van der Waals surface area (Å²) in [5, 5.41) is 7.03. The van der Waals surface area contributed by atoms with Crippen LogP contribution < -0.4 is 5.32 Å². The van der Waals surface area contributed by atoms with Crippen molar-refractivity contribution in [1.82, 2.24) is 24.7 Å². The van der Waals surface area contributed by atoms with Crippen LogP contribution in [0.3, 0.4) is 0 Å². The molecule has 22 heavy (non-hydrogen) atoms. The summed E-state index contributed by atoms with van der Waals surface area (Å²) in [6.07, 6.45) is 4.64. The third-order valence-electron chi connectivity index (χ3n) is 2.99. The normalized spacial score (nSPS) is 10.5. The smallest absolute Gasteiger partial charge is 0.275 e. The zero-order valence-electron chi connectivity index (χ0n) is 12.2. The molecule has 110 valence electrons. The van der Waals surface area contributed by atoms with Crippen LogP contribution in [-0.4, -0.2) is 30.6 Å². The van der Waals surface area contributed by atoms with Crippen molar-refractivity contribution in [2.45, 2.75) is 6.92 Å². The fourth-order valence-electron chi connectivity index (χ4n) is 1.91. The SMILES string of the molecule is Cc1cnc(C(=O)Nc2cccc(-c3ncn(C)n3)c2)cn1. The van der Waals surface area contributed by atoms with Gasteiger partial charge in [0, 0.05) is 24.5 Å². The van der Waals surface area contributed by atoms with Crippen molar-refractivity contribution in [3.8, 4) is 11.4 Å². The molecule has 0 aliphatic rings. The number of aryl methyl sites for hydroxylation is 2. The Bertz CT molecular complexity index is 809. The van der Waals surface area contributed by atoms with E-state index in [2.05, 4.69) is 25.4 Å². The Balaban J connectivity index is 1.81. The van der Waals surface area contributed by atoms with Gasteiger partial charge in [0.25, 0.3) is 5.91 Å². The second kappa shape index (κ2) is 5.72. The third-order valence-corrected chi connectivity index (χ3v) is 2.99. The van der Waals surface area contributed by atoms with Crippen LogP contribution in [0.1, 0.15) is 16.2 Å². The summed E-state index contributed by atoms with van der Waals surface area (Å²) in [5.41, 5.74) is 2.51. The molecule has 0 aliphatic carbocycles. The zero-order chi connectivity index (χ0) is 15.5. The maximum atomic E-state index is 12.1. The Morgan fingerprint density at radius 2 is 2.05 bits per heavy atom. The molecule has 2 heterocycles. The lowest BCUT2D eigenvalue weighted by atomic mass is 10.2. The highest BCUT2D eigenvalue weighted by molar-refractivity contribution is 6.02. The molecule has 0 saturated heterocycles. The van der Waals surface area contributed by atoms with Crippen LogP contribution >= 0.6 is 0 Å². The molecule has 7 nitrogen and oxygen atoms in total. The fourth-order valence-corrected chi connectivity index (χ4v) is 1.91. The monoisotopic (exact) mass is 294 g/mol. The average molecular weight is 294 g/mol. The van der Waals surface area contributed by atoms with E-state index in [1.165, 1.54) is 6.20 Å². The minimum atomic E-state index is -0.307. The van der Waals surface area contributed by atoms with Crippen molar-refractivity contribution in [3.63, 3.8) is 0 Å². The van der Waals surface area contributed by atoms with Crippen LogP contribution in [-0.2, 0) is 7.05 Å². The second-order valence-corrected chi connectivity index (χ2v) is 4.82. The lowest BCUT2D eigenvalue weighted by Crippen LogP contribution is -2.14. The van der Waals surface area contributed by atoms with Crippen molar-refractivity contribution in [2.75, 3.05) is 5.32 Å². The van der Waals surface area contributed by atoms with Gasteiger partial charge in [-0.15, -0.1) is 0 Å². The average Bonchev–Trinajstić information content (AvgIpc) is 2.95. The molecule has 0 atom stereocenters. The molecule has 1 amide bonds. The fraction of sp³-hybridized carbons (Fsp3) is 0.133. The molecular formula is C15H14N6O. The van der Waals surface area contributed by atoms with Gasteiger partial charge in [-0.3, -0.25) is 14.5 Å². The van der Waals surface area contributed by atoms with E-state index in [1.54, 1.807) is 30.3 Å². The topological polar surface area (TPSA) is 85.6 Å². The summed E-state index contributed by atoms with van der Waals surface area (Å²) in [7, 11) is 1.80. The molecule has 3 aromatic rings. The molecule has 0 spiro atoms. The first kappa shape index (κ1) is 13.9. The highest BCUT2D eigenvalue weighted by Gasteiger charge is 2.09. The Morgan fingerprint density at radius 3 is 2.73 bits per heavy atom. The van der Waals surface area contributed by atoms with Gasteiger partial charge in [-0.2, -0.15) is 5.10 Å². The summed E-state index contributed by atoms with van der Waals surface area (Å²) in [4.78, 5) is 24.4.